The number of hydrogen-bond acceptors (Lipinski definition) is 2. The van der Waals surface area contributed by atoms with Crippen LogP contribution in [0.4, 0.5) is 0 Å². The predicted octanol–water partition coefficient (Wildman–Crippen LogP) is 2.39. The lowest BCUT2D eigenvalue weighted by Gasteiger charge is -2.00. The molecule has 0 aliphatic carbocycles. The molecule has 0 fully saturated rings. The third-order valence-corrected chi connectivity index (χ3v) is 1.65. The van der Waals surface area contributed by atoms with Gasteiger partial charge in [0, 0.05) is 5.57 Å². The highest BCUT2D eigenvalue weighted by molar-refractivity contribution is 5.84. The normalized spacial score (nSPS) is 10.9. The summed E-state index contributed by atoms with van der Waals surface area (Å²) in [7, 11) is 0. The molecule has 0 saturated carbocycles. The maximum Gasteiger partial charge on any atom is 0.330 e. The lowest BCUT2D eigenvalue weighted by molar-refractivity contribution is -0.132. The van der Waals surface area contributed by atoms with Gasteiger partial charge in [-0.25, -0.2) is 4.79 Å². The number of benzene rings is 1. The molecule has 82 valence electrons. The summed E-state index contributed by atoms with van der Waals surface area (Å²) in [4.78, 5) is 9.60. The first-order valence-corrected chi connectivity index (χ1v) is 4.57. The minimum Gasteiger partial charge on any atom is -0.478 e. The summed E-state index contributed by atoms with van der Waals surface area (Å²) in [6.45, 7) is 6.36. The van der Waals surface area contributed by atoms with Gasteiger partial charge >= 0.3 is 5.97 Å². The molecular weight excluding hydrogens is 192 g/mol. The number of aliphatic hydroxyl groups excluding tert-OH is 1. The van der Waals surface area contributed by atoms with Gasteiger partial charge in [0.2, 0.25) is 0 Å². The number of carboxylic acids is 1. The predicted molar refractivity (Wildman–Crippen MR) is 59.5 cm³/mol. The largest absolute Gasteiger partial charge is 0.478 e. The van der Waals surface area contributed by atoms with Gasteiger partial charge in [-0.3, -0.25) is 0 Å². The van der Waals surface area contributed by atoms with E-state index in [0.717, 1.165) is 5.56 Å². The van der Waals surface area contributed by atoms with E-state index in [0.29, 0.717) is 0 Å². The molecule has 2 N–H and O–H groups in total. The monoisotopic (exact) mass is 208 g/mol. The molecule has 1 unspecified atom stereocenters. The van der Waals surface area contributed by atoms with Crippen LogP contribution in [0.2, 0.25) is 0 Å². The summed E-state index contributed by atoms with van der Waals surface area (Å²) < 4.78 is 0. The van der Waals surface area contributed by atoms with Gasteiger partial charge in [-0.1, -0.05) is 36.9 Å². The quantitative estimate of drug-likeness (QED) is 0.734. The third-order valence-electron chi connectivity index (χ3n) is 1.65. The Hall–Kier alpha value is -1.61. The van der Waals surface area contributed by atoms with Gasteiger partial charge in [-0.15, -0.1) is 0 Å². The summed E-state index contributed by atoms with van der Waals surface area (Å²) >= 11 is 0. The minimum absolute atomic E-state index is 0.176. The molecular formula is C12H16O3. The van der Waals surface area contributed by atoms with Gasteiger partial charge in [-0.05, 0) is 19.4 Å². The number of hydrogen-bond donors (Lipinski definition) is 2. The Bertz CT molecular complexity index is 303. The van der Waals surface area contributed by atoms with Crippen molar-refractivity contribution in [2.45, 2.75) is 20.0 Å². The van der Waals surface area contributed by atoms with Crippen molar-refractivity contribution in [3.63, 3.8) is 0 Å². The van der Waals surface area contributed by atoms with Crippen LogP contribution < -0.4 is 0 Å². The second-order valence-electron chi connectivity index (χ2n) is 3.17. The molecule has 15 heavy (non-hydrogen) atoms. The first kappa shape index (κ1) is 13.4. The van der Waals surface area contributed by atoms with Gasteiger partial charge in [0.25, 0.3) is 0 Å². The van der Waals surface area contributed by atoms with Gasteiger partial charge in [-0.2, -0.15) is 0 Å². The second kappa shape index (κ2) is 6.79. The van der Waals surface area contributed by atoms with Crippen LogP contribution in [0, 0.1) is 0 Å². The van der Waals surface area contributed by atoms with E-state index in [9.17, 15) is 4.79 Å². The van der Waals surface area contributed by atoms with Crippen LogP contribution in [0.5, 0.6) is 0 Å². The van der Waals surface area contributed by atoms with Gasteiger partial charge < -0.3 is 10.2 Å². The highest BCUT2D eigenvalue weighted by Gasteiger charge is 1.95. The third kappa shape index (κ3) is 6.46. The zero-order valence-electron chi connectivity index (χ0n) is 8.97. The Labute approximate surface area is 89.7 Å². The maximum atomic E-state index is 9.60. The van der Waals surface area contributed by atoms with Crippen molar-refractivity contribution in [3.8, 4) is 0 Å². The van der Waals surface area contributed by atoms with Gasteiger partial charge in [0.05, 0.1) is 6.10 Å². The maximum absolute atomic E-state index is 9.60. The van der Waals surface area contributed by atoms with Crippen LogP contribution >= 0.6 is 0 Å². The number of aliphatic carboxylic acids is 1. The van der Waals surface area contributed by atoms with Crippen LogP contribution in [-0.2, 0) is 4.79 Å². The molecule has 0 saturated heterocycles. The zero-order chi connectivity index (χ0) is 11.8. The summed E-state index contributed by atoms with van der Waals surface area (Å²) in [5, 5.41) is 16.9. The van der Waals surface area contributed by atoms with Crippen molar-refractivity contribution in [2.24, 2.45) is 0 Å². The van der Waals surface area contributed by atoms with Crippen LogP contribution in [-0.4, -0.2) is 16.2 Å². The molecule has 0 amide bonds. The topological polar surface area (TPSA) is 57.5 Å². The van der Waals surface area contributed by atoms with Crippen molar-refractivity contribution in [3.05, 3.63) is 48.0 Å². The molecule has 1 aromatic rings. The van der Waals surface area contributed by atoms with Crippen molar-refractivity contribution >= 4 is 5.97 Å². The molecule has 3 nitrogen and oxygen atoms in total. The Morgan fingerprint density at radius 1 is 1.33 bits per heavy atom. The first-order valence-electron chi connectivity index (χ1n) is 4.57. The summed E-state index contributed by atoms with van der Waals surface area (Å²) in [5.41, 5.74) is 1.15. The fourth-order valence-electron chi connectivity index (χ4n) is 0.732. The molecule has 0 bridgehead atoms. The molecule has 0 aliphatic heterocycles. The van der Waals surface area contributed by atoms with Gasteiger partial charge in [0.1, 0.15) is 0 Å². The lowest BCUT2D eigenvalue weighted by Crippen LogP contribution is -1.92. The molecule has 0 aromatic heterocycles. The van der Waals surface area contributed by atoms with Crippen LogP contribution in [0.25, 0.3) is 0 Å². The molecule has 0 aliphatic rings. The molecule has 3 heteroatoms. The molecule has 0 spiro atoms. The van der Waals surface area contributed by atoms with Crippen LogP contribution in [0.15, 0.2) is 42.5 Å². The van der Waals surface area contributed by atoms with Crippen LogP contribution in [0.1, 0.15) is 25.5 Å². The van der Waals surface area contributed by atoms with E-state index in [4.69, 9.17) is 10.2 Å². The summed E-state index contributed by atoms with van der Waals surface area (Å²) in [5.74, 6) is -0.935. The number of carbonyl (C=O) groups is 1. The van der Waals surface area contributed by atoms with Crippen molar-refractivity contribution in [1.82, 2.24) is 0 Å². The zero-order valence-corrected chi connectivity index (χ0v) is 8.97. The van der Waals surface area contributed by atoms with Gasteiger partial charge in [0.15, 0.2) is 0 Å². The standard InChI is InChI=1S/C8H10O.C4H6O2/c1-7(9)8-5-3-2-4-6-8;1-3(2)4(5)6/h2-7,9H,1H3;1H2,2H3,(H,5,6). The smallest absolute Gasteiger partial charge is 0.330 e. The van der Waals surface area contributed by atoms with E-state index in [-0.39, 0.29) is 11.7 Å². The SMILES string of the molecule is C=C(C)C(=O)O.CC(O)c1ccccc1. The van der Waals surface area contributed by atoms with Crippen molar-refractivity contribution < 1.29 is 15.0 Å². The Balaban J connectivity index is 0.000000288. The Morgan fingerprint density at radius 2 is 1.73 bits per heavy atom. The number of aliphatic hydroxyl groups is 1. The minimum atomic E-state index is -0.935. The van der Waals surface area contributed by atoms with E-state index >= 15 is 0 Å². The summed E-state index contributed by atoms with van der Waals surface area (Å²) in [6.07, 6.45) is -0.341. The molecule has 1 atom stereocenters. The number of carboxylic acid groups (broad SMARTS) is 1. The van der Waals surface area contributed by atoms with E-state index in [2.05, 4.69) is 6.58 Å². The van der Waals surface area contributed by atoms with E-state index in [1.807, 2.05) is 30.3 Å². The molecule has 0 radical (unpaired) electrons. The van der Waals surface area contributed by atoms with E-state index in [1.54, 1.807) is 6.92 Å². The van der Waals surface area contributed by atoms with E-state index in [1.165, 1.54) is 6.92 Å². The fraction of sp³-hybridized carbons (Fsp3) is 0.250. The van der Waals surface area contributed by atoms with Crippen LogP contribution in [0.3, 0.4) is 0 Å². The first-order chi connectivity index (χ1) is 6.95. The highest BCUT2D eigenvalue weighted by atomic mass is 16.4. The molecule has 1 aromatic carbocycles. The summed E-state index contributed by atoms with van der Waals surface area (Å²) in [6, 6.07) is 9.59. The van der Waals surface area contributed by atoms with Crippen molar-refractivity contribution in [1.29, 1.82) is 0 Å². The molecule has 0 heterocycles. The Morgan fingerprint density at radius 3 is 1.93 bits per heavy atom. The van der Waals surface area contributed by atoms with Crippen molar-refractivity contribution in [2.75, 3.05) is 0 Å². The van der Waals surface area contributed by atoms with E-state index < -0.39 is 5.97 Å². The fourth-order valence-corrected chi connectivity index (χ4v) is 0.732. The average molecular weight is 208 g/mol. The average Bonchev–Trinajstić information content (AvgIpc) is 2.20. The molecule has 1 rings (SSSR count). The lowest BCUT2D eigenvalue weighted by atomic mass is 10.1. The Kier molecular flexibility index (Phi) is 6.06. The highest BCUT2D eigenvalue weighted by Crippen LogP contribution is 2.09. The number of rotatable bonds is 2. The second-order valence-corrected chi connectivity index (χ2v) is 3.17.